The Morgan fingerprint density at radius 2 is 1.95 bits per heavy atom. The maximum absolute atomic E-state index is 12.2. The van der Waals surface area contributed by atoms with Gasteiger partial charge in [-0.3, -0.25) is 4.98 Å². The molecule has 0 saturated carbocycles. The van der Waals surface area contributed by atoms with Crippen molar-refractivity contribution in [2.45, 2.75) is 20.0 Å². The number of ether oxygens (including phenoxy) is 1. The highest BCUT2D eigenvalue weighted by molar-refractivity contribution is 5.74. The molecule has 1 heterocycles. The van der Waals surface area contributed by atoms with E-state index in [0.717, 1.165) is 17.0 Å². The smallest absolute Gasteiger partial charge is 0.318 e. The van der Waals surface area contributed by atoms with E-state index < -0.39 is 0 Å². The summed E-state index contributed by atoms with van der Waals surface area (Å²) in [7, 11) is 1.64. The molecule has 0 fully saturated rings. The van der Waals surface area contributed by atoms with Gasteiger partial charge in [0, 0.05) is 19.3 Å². The van der Waals surface area contributed by atoms with Crippen LogP contribution in [0.15, 0.2) is 48.7 Å². The number of urea groups is 1. The zero-order valence-corrected chi connectivity index (χ0v) is 13.0. The van der Waals surface area contributed by atoms with Crippen molar-refractivity contribution in [3.8, 4) is 5.75 Å². The molecule has 0 spiro atoms. The molecule has 116 valence electrons. The fourth-order valence-corrected chi connectivity index (χ4v) is 2.10. The average molecular weight is 299 g/mol. The Kier molecular flexibility index (Phi) is 5.77. The first-order chi connectivity index (χ1) is 10.7. The highest BCUT2D eigenvalue weighted by atomic mass is 16.5. The number of nitrogens with one attached hydrogen (secondary N) is 1. The van der Waals surface area contributed by atoms with Gasteiger partial charge in [-0.15, -0.1) is 0 Å². The molecule has 5 heteroatoms. The largest absolute Gasteiger partial charge is 0.497 e. The third-order valence-corrected chi connectivity index (χ3v) is 3.23. The quantitative estimate of drug-likeness (QED) is 0.892. The predicted octanol–water partition coefficient (Wildman–Crippen LogP) is 2.82. The van der Waals surface area contributed by atoms with Crippen molar-refractivity contribution in [1.82, 2.24) is 15.2 Å². The minimum absolute atomic E-state index is 0.0935. The number of methoxy groups -OCH3 is 1. The van der Waals surface area contributed by atoms with Crippen molar-refractivity contribution >= 4 is 6.03 Å². The molecule has 0 aliphatic heterocycles. The lowest BCUT2D eigenvalue weighted by molar-refractivity contribution is 0.192. The van der Waals surface area contributed by atoms with Gasteiger partial charge in [0.1, 0.15) is 5.75 Å². The van der Waals surface area contributed by atoms with E-state index >= 15 is 0 Å². The van der Waals surface area contributed by atoms with E-state index in [-0.39, 0.29) is 6.03 Å². The zero-order valence-electron chi connectivity index (χ0n) is 13.0. The van der Waals surface area contributed by atoms with Crippen LogP contribution >= 0.6 is 0 Å². The Labute approximate surface area is 130 Å². The lowest BCUT2D eigenvalue weighted by Crippen LogP contribution is -2.39. The molecule has 0 unspecified atom stereocenters. The molecule has 2 rings (SSSR count). The summed E-state index contributed by atoms with van der Waals surface area (Å²) in [6, 6.07) is 13.3. The summed E-state index contributed by atoms with van der Waals surface area (Å²) in [5.74, 6) is 0.804. The molecule has 2 aromatic rings. The highest BCUT2D eigenvalue weighted by Gasteiger charge is 2.14. The van der Waals surface area contributed by atoms with E-state index in [2.05, 4.69) is 10.3 Å². The molecule has 0 aliphatic rings. The van der Waals surface area contributed by atoms with Crippen molar-refractivity contribution in [3.63, 3.8) is 0 Å². The van der Waals surface area contributed by atoms with Crippen LogP contribution in [0.1, 0.15) is 18.2 Å². The first-order valence-corrected chi connectivity index (χ1v) is 7.28. The number of pyridine rings is 1. The molecule has 0 bridgehead atoms. The number of benzene rings is 1. The van der Waals surface area contributed by atoms with Crippen molar-refractivity contribution < 1.29 is 9.53 Å². The van der Waals surface area contributed by atoms with Crippen LogP contribution in [0.4, 0.5) is 4.79 Å². The Morgan fingerprint density at radius 3 is 2.55 bits per heavy atom. The number of carbonyl (C=O) groups is 1. The highest BCUT2D eigenvalue weighted by Crippen LogP contribution is 2.14. The Morgan fingerprint density at radius 1 is 1.18 bits per heavy atom. The molecule has 1 N–H and O–H groups in total. The lowest BCUT2D eigenvalue weighted by Gasteiger charge is -2.22. The fraction of sp³-hybridized carbons (Fsp3) is 0.294. The van der Waals surface area contributed by atoms with Crippen LogP contribution in [0.2, 0.25) is 0 Å². The molecule has 5 nitrogen and oxygen atoms in total. The number of hydrogen-bond acceptors (Lipinski definition) is 3. The molecule has 0 radical (unpaired) electrons. The number of carbonyl (C=O) groups excluding carboxylic acids is 1. The number of aromatic nitrogens is 1. The van der Waals surface area contributed by atoms with Gasteiger partial charge in [-0.05, 0) is 36.8 Å². The Hall–Kier alpha value is -2.56. The van der Waals surface area contributed by atoms with Gasteiger partial charge in [0.15, 0.2) is 0 Å². The number of hydrogen-bond donors (Lipinski definition) is 1. The predicted molar refractivity (Wildman–Crippen MR) is 85.6 cm³/mol. The Bertz CT molecular complexity index is 585. The van der Waals surface area contributed by atoms with E-state index in [1.807, 2.05) is 49.4 Å². The van der Waals surface area contributed by atoms with Gasteiger partial charge in [0.05, 0.1) is 19.3 Å². The van der Waals surface area contributed by atoms with Gasteiger partial charge in [-0.1, -0.05) is 18.2 Å². The van der Waals surface area contributed by atoms with E-state index in [1.54, 1.807) is 18.2 Å². The van der Waals surface area contributed by atoms with Gasteiger partial charge < -0.3 is 15.0 Å². The van der Waals surface area contributed by atoms with Crippen molar-refractivity contribution in [1.29, 1.82) is 0 Å². The molecule has 1 aromatic heterocycles. The van der Waals surface area contributed by atoms with Crippen LogP contribution in [-0.2, 0) is 13.1 Å². The number of amides is 2. The summed E-state index contributed by atoms with van der Waals surface area (Å²) in [6.45, 7) is 3.50. The number of nitrogens with zero attached hydrogens (tertiary/aromatic N) is 2. The maximum Gasteiger partial charge on any atom is 0.318 e. The van der Waals surface area contributed by atoms with E-state index in [1.165, 1.54) is 0 Å². The third kappa shape index (κ3) is 4.48. The molecule has 22 heavy (non-hydrogen) atoms. The van der Waals surface area contributed by atoms with Crippen LogP contribution < -0.4 is 10.1 Å². The summed E-state index contributed by atoms with van der Waals surface area (Å²) in [5.41, 5.74) is 1.91. The van der Waals surface area contributed by atoms with Gasteiger partial charge in [0.2, 0.25) is 0 Å². The van der Waals surface area contributed by atoms with E-state index in [0.29, 0.717) is 19.6 Å². The summed E-state index contributed by atoms with van der Waals surface area (Å²) >= 11 is 0. The van der Waals surface area contributed by atoms with Gasteiger partial charge in [0.25, 0.3) is 0 Å². The first-order valence-electron chi connectivity index (χ1n) is 7.28. The molecule has 1 aromatic carbocycles. The maximum atomic E-state index is 12.2. The van der Waals surface area contributed by atoms with Crippen LogP contribution in [-0.4, -0.2) is 29.6 Å². The van der Waals surface area contributed by atoms with Gasteiger partial charge >= 0.3 is 6.03 Å². The second kappa shape index (κ2) is 8.02. The molecule has 0 aliphatic carbocycles. The summed E-state index contributed by atoms with van der Waals surface area (Å²) in [6.07, 6.45) is 1.73. The minimum Gasteiger partial charge on any atom is -0.497 e. The van der Waals surface area contributed by atoms with Crippen molar-refractivity contribution in [2.24, 2.45) is 0 Å². The standard InChI is InChI=1S/C17H21N3O2/c1-3-18-17(21)20(13-15-6-4-5-11-19-15)12-14-7-9-16(22-2)10-8-14/h4-11H,3,12-13H2,1-2H3,(H,18,21). The minimum atomic E-state index is -0.0935. The van der Waals surface area contributed by atoms with Crippen LogP contribution in [0, 0.1) is 0 Å². The third-order valence-electron chi connectivity index (χ3n) is 3.23. The normalized spacial score (nSPS) is 10.1. The van der Waals surface area contributed by atoms with Gasteiger partial charge in [-0.2, -0.15) is 0 Å². The monoisotopic (exact) mass is 299 g/mol. The van der Waals surface area contributed by atoms with E-state index in [4.69, 9.17) is 4.74 Å². The topological polar surface area (TPSA) is 54.5 Å². The second-order valence-electron chi connectivity index (χ2n) is 4.86. The zero-order chi connectivity index (χ0) is 15.8. The average Bonchev–Trinajstić information content (AvgIpc) is 2.56. The molecule has 0 saturated heterocycles. The Balaban J connectivity index is 2.11. The summed E-state index contributed by atoms with van der Waals surface area (Å²) in [5, 5.41) is 2.84. The molecule has 0 atom stereocenters. The van der Waals surface area contributed by atoms with Gasteiger partial charge in [-0.25, -0.2) is 4.79 Å². The molecule has 2 amide bonds. The van der Waals surface area contributed by atoms with E-state index in [9.17, 15) is 4.79 Å². The van der Waals surface area contributed by atoms with Crippen LogP contribution in [0.25, 0.3) is 0 Å². The SMILES string of the molecule is CCNC(=O)N(Cc1ccc(OC)cc1)Cc1ccccn1. The molecular weight excluding hydrogens is 278 g/mol. The van der Waals surface area contributed by atoms with Crippen LogP contribution in [0.3, 0.4) is 0 Å². The van der Waals surface area contributed by atoms with Crippen molar-refractivity contribution in [3.05, 3.63) is 59.9 Å². The summed E-state index contributed by atoms with van der Waals surface area (Å²) in [4.78, 5) is 18.3. The van der Waals surface area contributed by atoms with Crippen molar-refractivity contribution in [2.75, 3.05) is 13.7 Å². The first kappa shape index (κ1) is 15.8. The van der Waals surface area contributed by atoms with Crippen LogP contribution in [0.5, 0.6) is 5.75 Å². The lowest BCUT2D eigenvalue weighted by atomic mass is 10.2. The number of rotatable bonds is 6. The second-order valence-corrected chi connectivity index (χ2v) is 4.86. The summed E-state index contributed by atoms with van der Waals surface area (Å²) < 4.78 is 5.15. The fourth-order valence-electron chi connectivity index (χ4n) is 2.10. The molecular formula is C17H21N3O2.